The molecule has 88 valence electrons. The van der Waals surface area contributed by atoms with E-state index in [-0.39, 0.29) is 0 Å². The quantitative estimate of drug-likeness (QED) is 0.698. The molecular formula is C16H18O. The van der Waals surface area contributed by atoms with Crippen molar-refractivity contribution in [2.75, 3.05) is 7.11 Å². The number of ether oxygens (including phenoxy) is 1. The van der Waals surface area contributed by atoms with E-state index < -0.39 is 0 Å². The molecule has 0 aliphatic rings. The van der Waals surface area contributed by atoms with Crippen LogP contribution in [0.15, 0.2) is 42.5 Å². The smallest absolute Gasteiger partial charge is 0.122 e. The molecule has 1 heteroatoms. The normalized spacial score (nSPS) is 11.8. The maximum atomic E-state index is 5.41. The fourth-order valence-corrected chi connectivity index (χ4v) is 2.02. The molecule has 0 atom stereocenters. The van der Waals surface area contributed by atoms with Crippen molar-refractivity contribution in [1.29, 1.82) is 0 Å². The Bertz CT molecular complexity index is 552. The first-order valence-electron chi connectivity index (χ1n) is 5.99. The molecule has 0 fully saturated rings. The van der Waals surface area contributed by atoms with Gasteiger partial charge in [-0.3, -0.25) is 0 Å². The third-order valence-electron chi connectivity index (χ3n) is 2.89. The van der Waals surface area contributed by atoms with Crippen molar-refractivity contribution in [3.8, 4) is 0 Å². The maximum absolute atomic E-state index is 5.41. The first kappa shape index (κ1) is 11.7. The topological polar surface area (TPSA) is 9.23 Å². The predicted molar refractivity (Wildman–Crippen MR) is 74.0 cm³/mol. The zero-order valence-electron chi connectivity index (χ0n) is 10.7. The van der Waals surface area contributed by atoms with Gasteiger partial charge >= 0.3 is 0 Å². The number of benzene rings is 2. The molecule has 0 amide bonds. The molecule has 0 radical (unpaired) electrons. The third-order valence-corrected chi connectivity index (χ3v) is 2.89. The van der Waals surface area contributed by atoms with Crippen molar-refractivity contribution < 1.29 is 4.74 Å². The SMILES string of the molecule is CC/C=C(/OC)c1ccc2cc(C)ccc2c1. The lowest BCUT2D eigenvalue weighted by Crippen LogP contribution is -1.88. The summed E-state index contributed by atoms with van der Waals surface area (Å²) >= 11 is 0. The number of fused-ring (bicyclic) bond motifs is 1. The first-order valence-corrected chi connectivity index (χ1v) is 5.99. The van der Waals surface area contributed by atoms with E-state index >= 15 is 0 Å². The Morgan fingerprint density at radius 3 is 2.53 bits per heavy atom. The number of methoxy groups -OCH3 is 1. The molecule has 2 rings (SSSR count). The Kier molecular flexibility index (Phi) is 3.48. The molecule has 0 saturated carbocycles. The minimum Gasteiger partial charge on any atom is -0.496 e. The molecule has 0 N–H and O–H groups in total. The largest absolute Gasteiger partial charge is 0.496 e. The van der Waals surface area contributed by atoms with E-state index in [4.69, 9.17) is 4.74 Å². The summed E-state index contributed by atoms with van der Waals surface area (Å²) in [5.74, 6) is 0.954. The van der Waals surface area contributed by atoms with E-state index in [9.17, 15) is 0 Å². The van der Waals surface area contributed by atoms with Crippen LogP contribution in [0.1, 0.15) is 24.5 Å². The highest BCUT2D eigenvalue weighted by Crippen LogP contribution is 2.22. The van der Waals surface area contributed by atoms with Gasteiger partial charge in [-0.25, -0.2) is 0 Å². The molecular weight excluding hydrogens is 208 g/mol. The van der Waals surface area contributed by atoms with Gasteiger partial charge in [-0.15, -0.1) is 0 Å². The van der Waals surface area contributed by atoms with Crippen molar-refractivity contribution >= 4 is 16.5 Å². The molecule has 0 saturated heterocycles. The number of allylic oxidation sites excluding steroid dienone is 1. The summed E-state index contributed by atoms with van der Waals surface area (Å²) < 4.78 is 5.41. The van der Waals surface area contributed by atoms with Crippen molar-refractivity contribution in [3.63, 3.8) is 0 Å². The average molecular weight is 226 g/mol. The molecule has 2 aromatic carbocycles. The molecule has 0 bridgehead atoms. The van der Waals surface area contributed by atoms with Crippen LogP contribution in [0.4, 0.5) is 0 Å². The van der Waals surface area contributed by atoms with E-state index in [1.807, 2.05) is 0 Å². The van der Waals surface area contributed by atoms with Crippen LogP contribution in [-0.2, 0) is 4.74 Å². The van der Waals surface area contributed by atoms with Crippen molar-refractivity contribution in [1.82, 2.24) is 0 Å². The second kappa shape index (κ2) is 5.05. The molecule has 1 nitrogen and oxygen atoms in total. The fraction of sp³-hybridized carbons (Fsp3) is 0.250. The zero-order chi connectivity index (χ0) is 12.3. The molecule has 17 heavy (non-hydrogen) atoms. The van der Waals surface area contributed by atoms with Gasteiger partial charge in [0.05, 0.1) is 7.11 Å². The summed E-state index contributed by atoms with van der Waals surface area (Å²) in [6.45, 7) is 4.23. The summed E-state index contributed by atoms with van der Waals surface area (Å²) in [5.41, 5.74) is 2.44. The van der Waals surface area contributed by atoms with Gasteiger partial charge in [-0.1, -0.05) is 42.8 Å². The monoisotopic (exact) mass is 226 g/mol. The minimum absolute atomic E-state index is 0.954. The lowest BCUT2D eigenvalue weighted by atomic mass is 10.0. The average Bonchev–Trinajstić information content (AvgIpc) is 2.35. The lowest BCUT2D eigenvalue weighted by molar-refractivity contribution is 0.369. The van der Waals surface area contributed by atoms with Crippen LogP contribution in [0, 0.1) is 6.92 Å². The highest BCUT2D eigenvalue weighted by molar-refractivity contribution is 5.86. The van der Waals surface area contributed by atoms with Gasteiger partial charge in [0.2, 0.25) is 0 Å². The Morgan fingerprint density at radius 2 is 1.82 bits per heavy atom. The van der Waals surface area contributed by atoms with Crippen LogP contribution in [-0.4, -0.2) is 7.11 Å². The van der Waals surface area contributed by atoms with Gasteiger partial charge < -0.3 is 4.74 Å². The summed E-state index contributed by atoms with van der Waals surface area (Å²) in [5, 5.41) is 2.54. The third kappa shape index (κ3) is 2.50. The molecule has 0 aliphatic carbocycles. The number of hydrogen-bond acceptors (Lipinski definition) is 1. The summed E-state index contributed by atoms with van der Waals surface area (Å²) in [6.07, 6.45) is 3.09. The Balaban J connectivity index is 2.51. The van der Waals surface area contributed by atoms with E-state index in [1.54, 1.807) is 7.11 Å². The van der Waals surface area contributed by atoms with Gasteiger partial charge in [0.1, 0.15) is 5.76 Å². The predicted octanol–water partition coefficient (Wildman–Crippen LogP) is 4.55. The molecule has 0 unspecified atom stereocenters. The van der Waals surface area contributed by atoms with Gasteiger partial charge in [0.15, 0.2) is 0 Å². The Labute approximate surface area is 103 Å². The molecule has 2 aromatic rings. The van der Waals surface area contributed by atoms with Crippen LogP contribution in [0.3, 0.4) is 0 Å². The highest BCUT2D eigenvalue weighted by Gasteiger charge is 2.02. The van der Waals surface area contributed by atoms with Crippen LogP contribution in [0.5, 0.6) is 0 Å². The molecule has 0 aromatic heterocycles. The number of rotatable bonds is 3. The number of hydrogen-bond donors (Lipinski definition) is 0. The summed E-state index contributed by atoms with van der Waals surface area (Å²) in [6, 6.07) is 13.0. The fourth-order valence-electron chi connectivity index (χ4n) is 2.02. The summed E-state index contributed by atoms with van der Waals surface area (Å²) in [7, 11) is 1.72. The van der Waals surface area contributed by atoms with Crippen molar-refractivity contribution in [3.05, 3.63) is 53.6 Å². The first-order chi connectivity index (χ1) is 8.24. The lowest BCUT2D eigenvalue weighted by Gasteiger charge is -2.08. The summed E-state index contributed by atoms with van der Waals surface area (Å²) in [4.78, 5) is 0. The van der Waals surface area contributed by atoms with Crippen molar-refractivity contribution in [2.45, 2.75) is 20.3 Å². The van der Waals surface area contributed by atoms with Crippen LogP contribution in [0.2, 0.25) is 0 Å². The Morgan fingerprint density at radius 1 is 1.12 bits per heavy atom. The van der Waals surface area contributed by atoms with Crippen molar-refractivity contribution in [2.24, 2.45) is 0 Å². The molecule has 0 spiro atoms. The van der Waals surface area contributed by atoms with Gasteiger partial charge in [0.25, 0.3) is 0 Å². The zero-order valence-corrected chi connectivity index (χ0v) is 10.7. The van der Waals surface area contributed by atoms with Crippen LogP contribution < -0.4 is 0 Å². The molecule has 0 aliphatic heterocycles. The van der Waals surface area contributed by atoms with Crippen LogP contribution in [0.25, 0.3) is 16.5 Å². The molecule has 0 heterocycles. The van der Waals surface area contributed by atoms with Gasteiger partial charge in [-0.05, 0) is 36.3 Å². The highest BCUT2D eigenvalue weighted by atomic mass is 16.5. The van der Waals surface area contributed by atoms with Gasteiger partial charge in [0, 0.05) is 5.56 Å². The maximum Gasteiger partial charge on any atom is 0.122 e. The van der Waals surface area contributed by atoms with E-state index in [0.29, 0.717) is 0 Å². The standard InChI is InChI=1S/C16H18O/c1-4-5-16(17-3)15-9-8-13-10-12(2)6-7-14(13)11-15/h5-11H,4H2,1-3H3/b16-5+. The second-order valence-corrected chi connectivity index (χ2v) is 4.25. The Hall–Kier alpha value is -1.76. The van der Waals surface area contributed by atoms with E-state index in [2.05, 4.69) is 56.3 Å². The van der Waals surface area contributed by atoms with Gasteiger partial charge in [-0.2, -0.15) is 0 Å². The van der Waals surface area contributed by atoms with E-state index in [0.717, 1.165) is 17.7 Å². The number of aryl methyl sites for hydroxylation is 1. The second-order valence-electron chi connectivity index (χ2n) is 4.25. The van der Waals surface area contributed by atoms with E-state index in [1.165, 1.54) is 16.3 Å². The van der Waals surface area contributed by atoms with Crippen LogP contribution >= 0.6 is 0 Å². The minimum atomic E-state index is 0.954.